The minimum absolute atomic E-state index is 0.278. The molecule has 0 unspecified atom stereocenters. The third kappa shape index (κ3) is 3.93. The maximum atomic E-state index is 13.3. The molecule has 0 atom stereocenters. The van der Waals surface area contributed by atoms with Gasteiger partial charge in [-0.15, -0.1) is 0 Å². The highest BCUT2D eigenvalue weighted by Gasteiger charge is 2.19. The van der Waals surface area contributed by atoms with Crippen LogP contribution in [-0.4, -0.2) is 13.9 Å². The zero-order chi connectivity index (χ0) is 20.4. The van der Waals surface area contributed by atoms with Gasteiger partial charge in [-0.25, -0.2) is 23.5 Å². The van der Waals surface area contributed by atoms with Crippen LogP contribution in [0.1, 0.15) is 11.1 Å². The fraction of sp³-hybridized carbons (Fsp3) is 0.0909. The molecule has 4 rings (SSSR count). The number of hydrogen-bond donors (Lipinski definition) is 0. The van der Waals surface area contributed by atoms with Crippen LogP contribution in [0.5, 0.6) is 0 Å². The molecule has 0 spiro atoms. The lowest BCUT2D eigenvalue weighted by molar-refractivity contribution is 0.489. The Balaban J connectivity index is 1.90. The van der Waals surface area contributed by atoms with E-state index in [-0.39, 0.29) is 24.5 Å². The third-order valence-corrected chi connectivity index (χ3v) is 6.23. The molecule has 1 aromatic heterocycles. The van der Waals surface area contributed by atoms with Crippen molar-refractivity contribution in [3.63, 3.8) is 0 Å². The van der Waals surface area contributed by atoms with Gasteiger partial charge in [-0.3, -0.25) is 0 Å². The van der Waals surface area contributed by atoms with Crippen LogP contribution in [0, 0.1) is 0 Å². The molecule has 0 amide bonds. The fourth-order valence-electron chi connectivity index (χ4n) is 3.20. The predicted octanol–water partition coefficient (Wildman–Crippen LogP) is 4.42. The highest BCUT2D eigenvalue weighted by molar-refractivity contribution is 9.10. The first-order valence-corrected chi connectivity index (χ1v) is 10.6. The van der Waals surface area contributed by atoms with E-state index in [1.807, 2.05) is 66.7 Å². The maximum Gasteiger partial charge on any atom is 0.352 e. The van der Waals surface area contributed by atoms with Gasteiger partial charge in [-0.2, -0.15) is 0 Å². The number of halogens is 2. The SMILES string of the molecule is O=c1n(-c2ccccc2)c(=O)n(Cc2ccccc2Br)n1Cc1ccccc1Br. The molecular formula is C22H17Br2N3O2. The molecule has 0 aliphatic rings. The Kier molecular flexibility index (Phi) is 5.69. The molecule has 0 N–H and O–H groups in total. The summed E-state index contributed by atoms with van der Waals surface area (Å²) in [5, 5.41) is 0. The van der Waals surface area contributed by atoms with Crippen LogP contribution >= 0.6 is 31.9 Å². The van der Waals surface area contributed by atoms with Crippen molar-refractivity contribution < 1.29 is 0 Å². The normalized spacial score (nSPS) is 11.0. The second-order valence-corrected chi connectivity index (χ2v) is 8.24. The van der Waals surface area contributed by atoms with E-state index in [0.29, 0.717) is 5.69 Å². The zero-order valence-electron chi connectivity index (χ0n) is 15.3. The number of para-hydroxylation sites is 1. The first kappa shape index (κ1) is 19.7. The van der Waals surface area contributed by atoms with Crippen molar-refractivity contribution >= 4 is 31.9 Å². The summed E-state index contributed by atoms with van der Waals surface area (Å²) in [5.74, 6) is 0. The van der Waals surface area contributed by atoms with Gasteiger partial charge in [-0.05, 0) is 35.4 Å². The molecule has 146 valence electrons. The van der Waals surface area contributed by atoms with Crippen LogP contribution < -0.4 is 11.4 Å². The van der Waals surface area contributed by atoms with Crippen LogP contribution in [0.2, 0.25) is 0 Å². The van der Waals surface area contributed by atoms with Gasteiger partial charge in [-0.1, -0.05) is 86.5 Å². The molecule has 0 fully saturated rings. The topological polar surface area (TPSA) is 48.9 Å². The second kappa shape index (κ2) is 8.39. The van der Waals surface area contributed by atoms with E-state index in [4.69, 9.17) is 0 Å². The Labute approximate surface area is 184 Å². The average molecular weight is 515 g/mol. The van der Waals surface area contributed by atoms with Gasteiger partial charge in [0.2, 0.25) is 0 Å². The zero-order valence-corrected chi connectivity index (χ0v) is 18.5. The minimum Gasteiger partial charge on any atom is -0.245 e. The molecule has 0 aliphatic carbocycles. The van der Waals surface area contributed by atoms with E-state index in [1.54, 1.807) is 12.1 Å². The van der Waals surface area contributed by atoms with E-state index < -0.39 is 0 Å². The van der Waals surface area contributed by atoms with Crippen molar-refractivity contribution in [2.45, 2.75) is 13.1 Å². The Morgan fingerprint density at radius 2 is 1.00 bits per heavy atom. The molecule has 0 aliphatic heterocycles. The Hall–Kier alpha value is -2.64. The average Bonchev–Trinajstić information content (AvgIpc) is 2.96. The van der Waals surface area contributed by atoms with Crippen LogP contribution in [0.15, 0.2) is 97.4 Å². The number of rotatable bonds is 5. The standard InChI is InChI=1S/C22H17Br2N3O2/c23-19-12-6-4-8-16(19)14-25-21(28)27(18-10-2-1-3-11-18)22(29)26(25)15-17-9-5-7-13-20(17)24/h1-13H,14-15H2. The molecule has 5 nitrogen and oxygen atoms in total. The van der Waals surface area contributed by atoms with Gasteiger partial charge in [0, 0.05) is 8.95 Å². The number of aromatic nitrogens is 3. The van der Waals surface area contributed by atoms with Crippen molar-refractivity contribution in [1.29, 1.82) is 0 Å². The van der Waals surface area contributed by atoms with Gasteiger partial charge >= 0.3 is 11.4 Å². The molecule has 0 bridgehead atoms. The van der Waals surface area contributed by atoms with Gasteiger partial charge in [0.05, 0.1) is 18.8 Å². The van der Waals surface area contributed by atoms with E-state index in [1.165, 1.54) is 13.9 Å². The summed E-state index contributed by atoms with van der Waals surface area (Å²) in [6, 6.07) is 24.4. The molecule has 0 saturated carbocycles. The summed E-state index contributed by atoms with van der Waals surface area (Å²) in [7, 11) is 0. The predicted molar refractivity (Wildman–Crippen MR) is 121 cm³/mol. The van der Waals surface area contributed by atoms with Crippen LogP contribution in [0.4, 0.5) is 0 Å². The van der Waals surface area contributed by atoms with Crippen molar-refractivity contribution in [3.8, 4) is 5.69 Å². The first-order valence-electron chi connectivity index (χ1n) is 9.01. The smallest absolute Gasteiger partial charge is 0.245 e. The van der Waals surface area contributed by atoms with Crippen molar-refractivity contribution in [3.05, 3.63) is 120 Å². The summed E-state index contributed by atoms with van der Waals surface area (Å²) < 4.78 is 5.98. The molecule has 0 radical (unpaired) electrons. The number of benzene rings is 3. The van der Waals surface area contributed by atoms with Crippen LogP contribution in [0.3, 0.4) is 0 Å². The van der Waals surface area contributed by atoms with Crippen LogP contribution in [0.25, 0.3) is 5.69 Å². The Bertz CT molecular complexity index is 1190. The number of nitrogens with zero attached hydrogens (tertiary/aromatic N) is 3. The highest BCUT2D eigenvalue weighted by Crippen LogP contribution is 2.18. The van der Waals surface area contributed by atoms with Crippen LogP contribution in [-0.2, 0) is 13.1 Å². The van der Waals surface area contributed by atoms with Crippen molar-refractivity contribution in [2.24, 2.45) is 0 Å². The summed E-state index contributed by atoms with van der Waals surface area (Å²) >= 11 is 7.07. The Morgan fingerprint density at radius 3 is 1.45 bits per heavy atom. The molecule has 1 heterocycles. The summed E-state index contributed by atoms with van der Waals surface area (Å²) in [6.07, 6.45) is 0. The molecule has 0 saturated heterocycles. The first-order chi connectivity index (χ1) is 14.1. The number of hydrogen-bond acceptors (Lipinski definition) is 2. The largest absolute Gasteiger partial charge is 0.352 e. The van der Waals surface area contributed by atoms with Gasteiger partial charge in [0.1, 0.15) is 0 Å². The van der Waals surface area contributed by atoms with Crippen molar-refractivity contribution in [1.82, 2.24) is 13.9 Å². The lowest BCUT2D eigenvalue weighted by Crippen LogP contribution is -2.28. The van der Waals surface area contributed by atoms with Gasteiger partial charge < -0.3 is 0 Å². The maximum absolute atomic E-state index is 13.3. The van der Waals surface area contributed by atoms with Gasteiger partial charge in [0.15, 0.2) is 0 Å². The fourth-order valence-corrected chi connectivity index (χ4v) is 4.02. The Morgan fingerprint density at radius 1 is 0.586 bits per heavy atom. The molecule has 29 heavy (non-hydrogen) atoms. The highest BCUT2D eigenvalue weighted by atomic mass is 79.9. The molecule has 7 heteroatoms. The molecule has 3 aromatic carbocycles. The van der Waals surface area contributed by atoms with E-state index in [9.17, 15) is 9.59 Å². The van der Waals surface area contributed by atoms with E-state index >= 15 is 0 Å². The quantitative estimate of drug-likeness (QED) is 0.395. The van der Waals surface area contributed by atoms with Gasteiger partial charge in [0.25, 0.3) is 0 Å². The van der Waals surface area contributed by atoms with E-state index in [0.717, 1.165) is 20.1 Å². The molecular weight excluding hydrogens is 498 g/mol. The lowest BCUT2D eigenvalue weighted by atomic mass is 10.2. The summed E-state index contributed by atoms with van der Waals surface area (Å²) in [6.45, 7) is 0.555. The second-order valence-electron chi connectivity index (χ2n) is 6.53. The third-order valence-electron chi connectivity index (χ3n) is 4.69. The van der Waals surface area contributed by atoms with Crippen molar-refractivity contribution in [2.75, 3.05) is 0 Å². The minimum atomic E-state index is -0.371. The molecule has 4 aromatic rings. The van der Waals surface area contributed by atoms with E-state index in [2.05, 4.69) is 31.9 Å². The summed E-state index contributed by atoms with van der Waals surface area (Å²) in [4.78, 5) is 26.6. The lowest BCUT2D eigenvalue weighted by Gasteiger charge is -2.12. The summed E-state index contributed by atoms with van der Waals surface area (Å²) in [5.41, 5.74) is 1.64. The monoisotopic (exact) mass is 513 g/mol.